The van der Waals surface area contributed by atoms with Gasteiger partial charge in [-0.2, -0.15) is 0 Å². The molecule has 0 saturated heterocycles. The van der Waals surface area contributed by atoms with E-state index in [1.807, 2.05) is 5.43 Å². The molecule has 8 heteroatoms. The molecule has 0 aliphatic heterocycles. The molecule has 0 amide bonds. The first-order valence-corrected chi connectivity index (χ1v) is 4.80. The Labute approximate surface area is 96.1 Å². The monoisotopic (exact) mass is 246 g/mol. The lowest BCUT2D eigenvalue weighted by molar-refractivity contribution is -0.140. The predicted octanol–water partition coefficient (Wildman–Crippen LogP) is 0.620. The summed E-state index contributed by atoms with van der Waals surface area (Å²) in [5.74, 6) is 1.95. The number of ether oxygens (including phenoxy) is 1. The molecular formula is C9H12F2N4O2. The highest BCUT2D eigenvalue weighted by atomic mass is 19.1. The summed E-state index contributed by atoms with van der Waals surface area (Å²) in [4.78, 5) is 14.5. The lowest BCUT2D eigenvalue weighted by atomic mass is 10.4. The largest absolute Gasteiger partial charge is 0.465 e. The Kier molecular flexibility index (Phi) is 4.58. The number of pyridine rings is 1. The second-order valence-corrected chi connectivity index (χ2v) is 2.95. The van der Waals surface area contributed by atoms with E-state index in [2.05, 4.69) is 15.0 Å². The Hall–Kier alpha value is -1.96. The molecule has 0 aliphatic rings. The zero-order valence-electron chi connectivity index (χ0n) is 9.09. The van der Waals surface area contributed by atoms with Gasteiger partial charge in [-0.25, -0.2) is 19.6 Å². The standard InChI is InChI=1S/C9H12F2N4O2/c1-2-17-7(16)4-13-8-5(10)3-6(11)9(14-8)15-12/h3H,2,4,12H2,1H3,(H2,13,14,15). The molecule has 0 atom stereocenters. The van der Waals surface area contributed by atoms with E-state index >= 15 is 0 Å². The second-order valence-electron chi connectivity index (χ2n) is 2.95. The third-order valence-electron chi connectivity index (χ3n) is 1.77. The normalized spacial score (nSPS) is 9.88. The maximum atomic E-state index is 13.2. The van der Waals surface area contributed by atoms with Gasteiger partial charge in [-0.3, -0.25) is 4.79 Å². The number of nitrogens with two attached hydrogens (primary N) is 1. The SMILES string of the molecule is CCOC(=O)CNc1nc(NN)c(F)cc1F. The number of aromatic nitrogens is 1. The summed E-state index contributed by atoms with van der Waals surface area (Å²) in [5, 5.41) is 2.38. The van der Waals surface area contributed by atoms with E-state index in [4.69, 9.17) is 5.84 Å². The van der Waals surface area contributed by atoms with Crippen LogP contribution in [0, 0.1) is 11.6 Å². The van der Waals surface area contributed by atoms with Crippen LogP contribution in [0.2, 0.25) is 0 Å². The van der Waals surface area contributed by atoms with Crippen molar-refractivity contribution in [1.29, 1.82) is 0 Å². The van der Waals surface area contributed by atoms with Crippen LogP contribution in [0.25, 0.3) is 0 Å². The molecule has 1 rings (SSSR count). The highest BCUT2D eigenvalue weighted by Crippen LogP contribution is 2.17. The molecule has 94 valence electrons. The Balaban J connectivity index is 2.74. The average Bonchev–Trinajstić information content (AvgIpc) is 2.28. The van der Waals surface area contributed by atoms with Crippen molar-refractivity contribution >= 4 is 17.6 Å². The van der Waals surface area contributed by atoms with Crippen molar-refractivity contribution < 1.29 is 18.3 Å². The molecule has 0 aromatic carbocycles. The number of nitrogens with one attached hydrogen (secondary N) is 2. The number of hydrogen-bond donors (Lipinski definition) is 3. The smallest absolute Gasteiger partial charge is 0.325 e. The first-order valence-electron chi connectivity index (χ1n) is 4.80. The van der Waals surface area contributed by atoms with Crippen molar-refractivity contribution in [3.8, 4) is 0 Å². The highest BCUT2D eigenvalue weighted by Gasteiger charge is 2.12. The number of halogens is 2. The summed E-state index contributed by atoms with van der Waals surface area (Å²) < 4.78 is 30.8. The lowest BCUT2D eigenvalue weighted by Gasteiger charge is -2.08. The topological polar surface area (TPSA) is 89.3 Å². The molecule has 6 nitrogen and oxygen atoms in total. The lowest BCUT2D eigenvalue weighted by Crippen LogP contribution is -2.19. The van der Waals surface area contributed by atoms with Crippen molar-refractivity contribution in [3.05, 3.63) is 17.7 Å². The third-order valence-corrected chi connectivity index (χ3v) is 1.77. The predicted molar refractivity (Wildman–Crippen MR) is 57.1 cm³/mol. The number of nitrogens with zero attached hydrogens (tertiary/aromatic N) is 1. The van der Waals surface area contributed by atoms with Gasteiger partial charge < -0.3 is 15.5 Å². The van der Waals surface area contributed by atoms with Gasteiger partial charge in [-0.05, 0) is 6.92 Å². The molecule has 1 aromatic heterocycles. The van der Waals surface area contributed by atoms with Crippen LogP contribution >= 0.6 is 0 Å². The Bertz CT molecular complexity index is 414. The maximum Gasteiger partial charge on any atom is 0.325 e. The van der Waals surface area contributed by atoms with Crippen LogP contribution in [-0.4, -0.2) is 24.1 Å². The van der Waals surface area contributed by atoms with Crippen molar-refractivity contribution in [2.75, 3.05) is 23.9 Å². The molecule has 0 bridgehead atoms. The summed E-state index contributed by atoms with van der Waals surface area (Å²) in [7, 11) is 0. The first-order chi connectivity index (χ1) is 8.08. The van der Waals surface area contributed by atoms with Gasteiger partial charge in [-0.1, -0.05) is 0 Å². The average molecular weight is 246 g/mol. The summed E-state index contributed by atoms with van der Waals surface area (Å²) in [6.07, 6.45) is 0. The minimum Gasteiger partial charge on any atom is -0.465 e. The minimum atomic E-state index is -0.925. The maximum absolute atomic E-state index is 13.2. The van der Waals surface area contributed by atoms with Crippen LogP contribution in [0.3, 0.4) is 0 Å². The van der Waals surface area contributed by atoms with Crippen LogP contribution in [0.15, 0.2) is 6.07 Å². The molecular weight excluding hydrogens is 234 g/mol. The molecule has 0 unspecified atom stereocenters. The summed E-state index contributed by atoms with van der Waals surface area (Å²) in [6, 6.07) is 0.607. The van der Waals surface area contributed by atoms with Crippen molar-refractivity contribution in [2.24, 2.45) is 5.84 Å². The number of hydrogen-bond acceptors (Lipinski definition) is 6. The second kappa shape index (κ2) is 5.94. The number of rotatable bonds is 5. The van der Waals surface area contributed by atoms with E-state index < -0.39 is 17.6 Å². The number of esters is 1. The van der Waals surface area contributed by atoms with Crippen LogP contribution in [-0.2, 0) is 9.53 Å². The van der Waals surface area contributed by atoms with Gasteiger partial charge in [0.05, 0.1) is 6.61 Å². The van der Waals surface area contributed by atoms with Gasteiger partial charge in [0, 0.05) is 6.07 Å². The highest BCUT2D eigenvalue weighted by molar-refractivity contribution is 5.74. The number of carbonyl (C=O) groups is 1. The number of hydrazine groups is 1. The number of anilines is 2. The van der Waals surface area contributed by atoms with E-state index in [-0.39, 0.29) is 24.8 Å². The first kappa shape index (κ1) is 13.1. The van der Waals surface area contributed by atoms with Gasteiger partial charge in [-0.15, -0.1) is 0 Å². The summed E-state index contributed by atoms with van der Waals surface area (Å²) >= 11 is 0. The quantitative estimate of drug-likeness (QED) is 0.401. The Morgan fingerprint density at radius 2 is 2.12 bits per heavy atom. The summed E-state index contributed by atoms with van der Waals surface area (Å²) in [6.45, 7) is 1.59. The molecule has 1 aromatic rings. The van der Waals surface area contributed by atoms with Crippen LogP contribution in [0.5, 0.6) is 0 Å². The van der Waals surface area contributed by atoms with E-state index in [1.165, 1.54) is 0 Å². The molecule has 4 N–H and O–H groups in total. The van der Waals surface area contributed by atoms with Gasteiger partial charge in [0.25, 0.3) is 0 Å². The van der Waals surface area contributed by atoms with Crippen molar-refractivity contribution in [1.82, 2.24) is 4.98 Å². The van der Waals surface area contributed by atoms with Crippen molar-refractivity contribution in [2.45, 2.75) is 6.92 Å². The van der Waals surface area contributed by atoms with Gasteiger partial charge in [0.15, 0.2) is 23.3 Å². The Morgan fingerprint density at radius 1 is 1.47 bits per heavy atom. The molecule has 0 spiro atoms. The van der Waals surface area contributed by atoms with Crippen LogP contribution < -0.4 is 16.6 Å². The third kappa shape index (κ3) is 3.52. The Morgan fingerprint density at radius 3 is 2.71 bits per heavy atom. The molecule has 0 radical (unpaired) electrons. The van der Waals surface area contributed by atoms with Crippen LogP contribution in [0.1, 0.15) is 6.92 Å². The van der Waals surface area contributed by atoms with E-state index in [0.29, 0.717) is 6.07 Å². The zero-order valence-corrected chi connectivity index (χ0v) is 9.09. The van der Waals surface area contributed by atoms with Crippen molar-refractivity contribution in [3.63, 3.8) is 0 Å². The minimum absolute atomic E-state index is 0.218. The van der Waals surface area contributed by atoms with Gasteiger partial charge >= 0.3 is 5.97 Å². The van der Waals surface area contributed by atoms with E-state index in [0.717, 1.165) is 0 Å². The molecule has 0 fully saturated rings. The number of carbonyl (C=O) groups excluding carboxylic acids is 1. The molecule has 1 heterocycles. The molecule has 17 heavy (non-hydrogen) atoms. The fourth-order valence-electron chi connectivity index (χ4n) is 1.06. The number of nitrogen functional groups attached to an aromatic ring is 1. The zero-order chi connectivity index (χ0) is 12.8. The van der Waals surface area contributed by atoms with Gasteiger partial charge in [0.2, 0.25) is 0 Å². The molecule has 0 aliphatic carbocycles. The van der Waals surface area contributed by atoms with E-state index in [9.17, 15) is 13.6 Å². The summed E-state index contributed by atoms with van der Waals surface area (Å²) in [5.41, 5.74) is 1.97. The van der Waals surface area contributed by atoms with E-state index in [1.54, 1.807) is 6.92 Å². The van der Waals surface area contributed by atoms with Crippen LogP contribution in [0.4, 0.5) is 20.4 Å². The van der Waals surface area contributed by atoms with Gasteiger partial charge in [0.1, 0.15) is 6.54 Å². The fraction of sp³-hybridized carbons (Fsp3) is 0.333. The molecule has 0 saturated carbocycles. The fourth-order valence-corrected chi connectivity index (χ4v) is 1.06.